The second-order valence-corrected chi connectivity index (χ2v) is 7.99. The number of rotatable bonds is 10. The van der Waals surface area contributed by atoms with Gasteiger partial charge < -0.3 is 24.6 Å². The number of benzene rings is 2. The number of aliphatic hydroxyl groups excluding tert-OH is 1. The Hall–Kier alpha value is -2.24. The molecule has 0 radical (unpaired) electrons. The number of nitrogens with two attached hydrogens (primary N) is 1. The van der Waals surface area contributed by atoms with E-state index in [2.05, 4.69) is 38.2 Å². The Balaban J connectivity index is 1.78. The second kappa shape index (κ2) is 10.3. The van der Waals surface area contributed by atoms with Crippen LogP contribution in [0.2, 0.25) is 0 Å². The molecule has 2 rings (SSSR count). The van der Waals surface area contributed by atoms with Gasteiger partial charge in [-0.1, -0.05) is 32.9 Å². The zero-order valence-corrected chi connectivity index (χ0v) is 17.7. The first-order chi connectivity index (χ1) is 13.3. The van der Waals surface area contributed by atoms with E-state index in [1.807, 2.05) is 30.3 Å². The third-order valence-corrected chi connectivity index (χ3v) is 4.66. The molecule has 0 amide bonds. The van der Waals surface area contributed by atoms with Gasteiger partial charge in [-0.25, -0.2) is 0 Å². The Kier molecular flexibility index (Phi) is 8.15. The predicted octanol–water partition coefficient (Wildman–Crippen LogP) is 2.55. The lowest BCUT2D eigenvalue weighted by Crippen LogP contribution is -2.87. The maximum Gasteiger partial charge on any atom is 0.137 e. The summed E-state index contributed by atoms with van der Waals surface area (Å²) in [7, 11) is 3.33. The van der Waals surface area contributed by atoms with Gasteiger partial charge in [0.2, 0.25) is 0 Å². The summed E-state index contributed by atoms with van der Waals surface area (Å²) in [5.74, 6) is 2.48. The Morgan fingerprint density at radius 3 is 2.21 bits per heavy atom. The largest absolute Gasteiger partial charge is 0.497 e. The van der Waals surface area contributed by atoms with E-state index in [1.165, 1.54) is 5.56 Å². The summed E-state index contributed by atoms with van der Waals surface area (Å²) in [5.41, 5.74) is 2.26. The van der Waals surface area contributed by atoms with Crippen LogP contribution in [0.4, 0.5) is 0 Å². The molecule has 2 aromatic rings. The fourth-order valence-corrected chi connectivity index (χ4v) is 2.97. The Morgan fingerprint density at radius 1 is 0.964 bits per heavy atom. The lowest BCUT2D eigenvalue weighted by Gasteiger charge is -2.24. The van der Waals surface area contributed by atoms with Crippen molar-refractivity contribution < 1.29 is 24.6 Å². The van der Waals surface area contributed by atoms with E-state index in [0.717, 1.165) is 35.8 Å². The topological polar surface area (TPSA) is 64.5 Å². The number of quaternary nitrogens is 1. The molecule has 0 heterocycles. The molecule has 3 N–H and O–H groups in total. The quantitative estimate of drug-likeness (QED) is 0.614. The van der Waals surface area contributed by atoms with Gasteiger partial charge >= 0.3 is 0 Å². The highest BCUT2D eigenvalue weighted by Gasteiger charge is 2.20. The normalized spacial score (nSPS) is 12.5. The van der Waals surface area contributed by atoms with Gasteiger partial charge in [0.25, 0.3) is 0 Å². The van der Waals surface area contributed by atoms with Crippen molar-refractivity contribution in [3.05, 3.63) is 53.6 Å². The molecule has 0 saturated heterocycles. The van der Waals surface area contributed by atoms with Gasteiger partial charge in [-0.3, -0.25) is 0 Å². The van der Waals surface area contributed by atoms with E-state index in [4.69, 9.17) is 14.2 Å². The highest BCUT2D eigenvalue weighted by atomic mass is 16.5. The minimum atomic E-state index is -0.522. The van der Waals surface area contributed by atoms with Crippen molar-refractivity contribution in [2.45, 2.75) is 38.7 Å². The van der Waals surface area contributed by atoms with Crippen molar-refractivity contribution in [1.82, 2.24) is 0 Å². The summed E-state index contributed by atoms with van der Waals surface area (Å²) in [6.07, 6.45) is 0.426. The summed E-state index contributed by atoms with van der Waals surface area (Å²) >= 11 is 0. The molecule has 1 atom stereocenters. The molecule has 0 aliphatic rings. The lowest BCUT2D eigenvalue weighted by atomic mass is 9.86. The van der Waals surface area contributed by atoms with Crippen molar-refractivity contribution in [3.8, 4) is 17.2 Å². The molecule has 0 fully saturated rings. The zero-order chi connectivity index (χ0) is 20.6. The average molecular weight is 389 g/mol. The molecule has 0 aliphatic carbocycles. The van der Waals surface area contributed by atoms with E-state index in [-0.39, 0.29) is 12.0 Å². The summed E-state index contributed by atoms with van der Waals surface area (Å²) < 4.78 is 16.4. The van der Waals surface area contributed by atoms with Crippen molar-refractivity contribution in [1.29, 1.82) is 0 Å². The van der Waals surface area contributed by atoms with Crippen molar-refractivity contribution >= 4 is 0 Å². The monoisotopic (exact) mass is 388 g/mol. The average Bonchev–Trinajstić information content (AvgIpc) is 2.69. The third-order valence-electron chi connectivity index (χ3n) is 4.66. The smallest absolute Gasteiger partial charge is 0.137 e. The highest BCUT2D eigenvalue weighted by Crippen LogP contribution is 2.34. The van der Waals surface area contributed by atoms with Crippen LogP contribution in [0.25, 0.3) is 0 Å². The van der Waals surface area contributed by atoms with Gasteiger partial charge in [0.05, 0.1) is 20.8 Å². The van der Waals surface area contributed by atoms with Crippen LogP contribution in [0.5, 0.6) is 17.2 Å². The minimum Gasteiger partial charge on any atom is -0.497 e. The van der Waals surface area contributed by atoms with Crippen LogP contribution in [0.1, 0.15) is 31.9 Å². The SMILES string of the molecule is COc1ccc(CC[NH2+]C[C@@H](O)COc2ccc(OC)cc2C(C)(C)C)cc1. The fraction of sp³-hybridized carbons (Fsp3) is 0.478. The number of hydrogen-bond acceptors (Lipinski definition) is 4. The molecule has 0 bridgehead atoms. The lowest BCUT2D eigenvalue weighted by molar-refractivity contribution is -0.660. The zero-order valence-electron chi connectivity index (χ0n) is 17.7. The van der Waals surface area contributed by atoms with Crippen LogP contribution in [-0.4, -0.2) is 45.1 Å². The molecule has 0 saturated carbocycles. The Bertz CT molecular complexity index is 722. The van der Waals surface area contributed by atoms with Crippen LogP contribution in [-0.2, 0) is 11.8 Å². The molecule has 2 aromatic carbocycles. The molecule has 0 aromatic heterocycles. The standard InChI is InChI=1S/C23H33NO4/c1-23(2,3)21-14-20(27-5)10-11-22(21)28-16-18(25)15-24-13-12-17-6-8-19(26-4)9-7-17/h6-11,14,18,24-25H,12-13,15-16H2,1-5H3/p+1/t18-/m1/s1. The first kappa shape index (κ1) is 22.1. The summed E-state index contributed by atoms with van der Waals surface area (Å²) in [6, 6.07) is 13.9. The molecule has 0 unspecified atom stereocenters. The molecule has 5 heteroatoms. The maximum atomic E-state index is 10.3. The second-order valence-electron chi connectivity index (χ2n) is 7.99. The minimum absolute atomic E-state index is 0.0701. The summed E-state index contributed by atoms with van der Waals surface area (Å²) in [6.45, 7) is 8.21. The van der Waals surface area contributed by atoms with E-state index in [1.54, 1.807) is 14.2 Å². The van der Waals surface area contributed by atoms with Crippen LogP contribution in [0.3, 0.4) is 0 Å². The number of hydrogen-bond donors (Lipinski definition) is 2. The van der Waals surface area contributed by atoms with Crippen LogP contribution in [0.15, 0.2) is 42.5 Å². The first-order valence-electron chi connectivity index (χ1n) is 9.77. The fourth-order valence-electron chi connectivity index (χ4n) is 2.97. The molecular weight excluding hydrogens is 354 g/mol. The first-order valence-corrected chi connectivity index (χ1v) is 9.77. The van der Waals surface area contributed by atoms with Gasteiger partial charge in [-0.2, -0.15) is 0 Å². The molecule has 5 nitrogen and oxygen atoms in total. The number of ether oxygens (including phenoxy) is 3. The van der Waals surface area contributed by atoms with Crippen LogP contribution < -0.4 is 19.5 Å². The molecular formula is C23H34NO4+. The Labute approximate surface area is 168 Å². The maximum absolute atomic E-state index is 10.3. The van der Waals surface area contributed by atoms with E-state index < -0.39 is 6.10 Å². The van der Waals surface area contributed by atoms with E-state index >= 15 is 0 Å². The third kappa shape index (κ3) is 6.73. The van der Waals surface area contributed by atoms with Gasteiger partial charge in [0.1, 0.15) is 36.5 Å². The molecule has 154 valence electrons. The Morgan fingerprint density at radius 2 is 1.61 bits per heavy atom. The van der Waals surface area contributed by atoms with Crippen molar-refractivity contribution in [2.24, 2.45) is 0 Å². The van der Waals surface area contributed by atoms with Crippen molar-refractivity contribution in [2.75, 3.05) is 33.9 Å². The van der Waals surface area contributed by atoms with Crippen LogP contribution >= 0.6 is 0 Å². The van der Waals surface area contributed by atoms with Gasteiger partial charge in [0, 0.05) is 12.0 Å². The molecule has 0 spiro atoms. The van der Waals surface area contributed by atoms with Crippen molar-refractivity contribution in [3.63, 3.8) is 0 Å². The highest BCUT2D eigenvalue weighted by molar-refractivity contribution is 5.44. The predicted molar refractivity (Wildman–Crippen MR) is 112 cm³/mol. The number of aliphatic hydroxyl groups is 1. The number of methoxy groups -OCH3 is 2. The summed E-state index contributed by atoms with van der Waals surface area (Å²) in [4.78, 5) is 0. The van der Waals surface area contributed by atoms with E-state index in [0.29, 0.717) is 6.54 Å². The van der Waals surface area contributed by atoms with Gasteiger partial charge in [-0.05, 0) is 41.3 Å². The van der Waals surface area contributed by atoms with Crippen LogP contribution in [0, 0.1) is 0 Å². The van der Waals surface area contributed by atoms with Gasteiger partial charge in [0.15, 0.2) is 0 Å². The molecule has 28 heavy (non-hydrogen) atoms. The van der Waals surface area contributed by atoms with Gasteiger partial charge in [-0.15, -0.1) is 0 Å². The van der Waals surface area contributed by atoms with E-state index in [9.17, 15) is 5.11 Å². The summed E-state index contributed by atoms with van der Waals surface area (Å²) in [5, 5.41) is 12.4. The molecule has 0 aliphatic heterocycles.